The van der Waals surface area contributed by atoms with Gasteiger partial charge in [0.15, 0.2) is 0 Å². The summed E-state index contributed by atoms with van der Waals surface area (Å²) in [6.07, 6.45) is 1.82. The molecule has 0 spiro atoms. The number of nitrogens with one attached hydrogen (secondary N) is 1. The van der Waals surface area contributed by atoms with E-state index in [0.717, 1.165) is 11.3 Å². The van der Waals surface area contributed by atoms with Crippen LogP contribution in [0.25, 0.3) is 10.4 Å². The molecule has 0 aliphatic carbocycles. The Kier molecular flexibility index (Phi) is 3.46. The van der Waals surface area contributed by atoms with Gasteiger partial charge in [-0.25, -0.2) is 4.98 Å². The minimum absolute atomic E-state index is 0.372. The lowest BCUT2D eigenvalue weighted by molar-refractivity contribution is 0.899. The number of anilines is 1. The van der Waals surface area contributed by atoms with Crippen molar-refractivity contribution >= 4 is 28.6 Å². The van der Waals surface area contributed by atoms with E-state index in [4.69, 9.17) is 11.6 Å². The highest BCUT2D eigenvalue weighted by Crippen LogP contribution is 2.32. The maximum atomic E-state index is 5.91. The Bertz CT molecular complexity index is 466. The maximum absolute atomic E-state index is 5.91. The van der Waals surface area contributed by atoms with Gasteiger partial charge in [0.25, 0.3) is 0 Å². The standard InChI is InChI=1S/C12H13ClN2S/c1-8(2)15-10-6-12(13)14-7-9(10)11-4-3-5-16-11/h3-8H,1-2H3,(H,14,15). The quantitative estimate of drug-likeness (QED) is 0.825. The van der Waals surface area contributed by atoms with Crippen LogP contribution in [0.1, 0.15) is 13.8 Å². The first-order chi connectivity index (χ1) is 7.66. The zero-order chi connectivity index (χ0) is 11.5. The summed E-state index contributed by atoms with van der Waals surface area (Å²) in [5.74, 6) is 0. The second kappa shape index (κ2) is 4.85. The van der Waals surface area contributed by atoms with Gasteiger partial charge in [-0.2, -0.15) is 0 Å². The van der Waals surface area contributed by atoms with Gasteiger partial charge in [0, 0.05) is 28.4 Å². The van der Waals surface area contributed by atoms with Gasteiger partial charge in [-0.05, 0) is 31.4 Å². The molecule has 84 valence electrons. The molecule has 16 heavy (non-hydrogen) atoms. The Morgan fingerprint density at radius 2 is 2.25 bits per heavy atom. The van der Waals surface area contributed by atoms with Crippen LogP contribution < -0.4 is 5.32 Å². The first-order valence-corrected chi connectivity index (χ1v) is 6.38. The van der Waals surface area contributed by atoms with Crippen LogP contribution in [0.5, 0.6) is 0 Å². The number of aromatic nitrogens is 1. The summed E-state index contributed by atoms with van der Waals surface area (Å²) in [6, 6.07) is 6.36. The number of nitrogens with zero attached hydrogens (tertiary/aromatic N) is 1. The number of thiophene rings is 1. The molecule has 2 nitrogen and oxygen atoms in total. The van der Waals surface area contributed by atoms with Crippen molar-refractivity contribution < 1.29 is 0 Å². The minimum Gasteiger partial charge on any atom is -0.382 e. The third-order valence-corrected chi connectivity index (χ3v) is 3.21. The Balaban J connectivity index is 2.44. The molecule has 0 radical (unpaired) electrons. The van der Waals surface area contributed by atoms with E-state index >= 15 is 0 Å². The van der Waals surface area contributed by atoms with Gasteiger partial charge in [-0.1, -0.05) is 17.7 Å². The molecule has 0 fully saturated rings. The number of hydrogen-bond acceptors (Lipinski definition) is 3. The van der Waals surface area contributed by atoms with Crippen molar-refractivity contribution in [3.05, 3.63) is 34.9 Å². The first kappa shape index (κ1) is 11.4. The highest BCUT2D eigenvalue weighted by atomic mass is 35.5. The fourth-order valence-electron chi connectivity index (χ4n) is 1.49. The molecule has 2 heterocycles. The van der Waals surface area contributed by atoms with Crippen molar-refractivity contribution in [3.63, 3.8) is 0 Å². The number of hydrogen-bond donors (Lipinski definition) is 1. The van der Waals surface area contributed by atoms with E-state index < -0.39 is 0 Å². The largest absolute Gasteiger partial charge is 0.382 e. The normalized spacial score (nSPS) is 10.8. The summed E-state index contributed by atoms with van der Waals surface area (Å²) in [6.45, 7) is 4.21. The molecule has 0 bridgehead atoms. The number of halogens is 1. The van der Waals surface area contributed by atoms with E-state index in [1.165, 1.54) is 4.88 Å². The third-order valence-electron chi connectivity index (χ3n) is 2.10. The molecule has 2 aromatic rings. The predicted molar refractivity (Wildman–Crippen MR) is 71.3 cm³/mol. The van der Waals surface area contributed by atoms with Gasteiger partial charge in [-0.3, -0.25) is 0 Å². The van der Waals surface area contributed by atoms with E-state index in [1.807, 2.05) is 18.3 Å². The third kappa shape index (κ3) is 2.54. The van der Waals surface area contributed by atoms with Crippen molar-refractivity contribution in [2.75, 3.05) is 5.32 Å². The smallest absolute Gasteiger partial charge is 0.131 e. The monoisotopic (exact) mass is 252 g/mol. The Labute approximate surface area is 104 Å². The summed E-state index contributed by atoms with van der Waals surface area (Å²) < 4.78 is 0. The van der Waals surface area contributed by atoms with Crippen LogP contribution >= 0.6 is 22.9 Å². The fourth-order valence-corrected chi connectivity index (χ4v) is 2.40. The molecule has 0 unspecified atom stereocenters. The lowest BCUT2D eigenvalue weighted by Gasteiger charge is -2.13. The SMILES string of the molecule is CC(C)Nc1cc(Cl)ncc1-c1cccs1. The molecule has 0 aliphatic heterocycles. The van der Waals surface area contributed by atoms with Gasteiger partial charge < -0.3 is 5.32 Å². The minimum atomic E-state index is 0.372. The molecular formula is C12H13ClN2S. The molecule has 1 N–H and O–H groups in total. The van der Waals surface area contributed by atoms with E-state index in [9.17, 15) is 0 Å². The van der Waals surface area contributed by atoms with E-state index in [1.54, 1.807) is 11.3 Å². The van der Waals surface area contributed by atoms with E-state index in [0.29, 0.717) is 11.2 Å². The molecule has 0 amide bonds. The molecule has 0 atom stereocenters. The summed E-state index contributed by atoms with van der Waals surface area (Å²) in [4.78, 5) is 5.34. The highest BCUT2D eigenvalue weighted by molar-refractivity contribution is 7.13. The van der Waals surface area contributed by atoms with Crippen LogP contribution in [0.4, 0.5) is 5.69 Å². The topological polar surface area (TPSA) is 24.9 Å². The summed E-state index contributed by atoms with van der Waals surface area (Å²) in [7, 11) is 0. The Hall–Kier alpha value is -1.06. The number of pyridine rings is 1. The zero-order valence-electron chi connectivity index (χ0n) is 9.20. The van der Waals surface area contributed by atoms with Crippen molar-refractivity contribution in [1.29, 1.82) is 0 Å². The molecule has 2 aromatic heterocycles. The predicted octanol–water partition coefficient (Wildman–Crippen LogP) is 4.28. The van der Waals surface area contributed by atoms with Crippen molar-refractivity contribution in [1.82, 2.24) is 4.98 Å². The molecule has 2 rings (SSSR count). The van der Waals surface area contributed by atoms with Crippen LogP contribution in [-0.2, 0) is 0 Å². The van der Waals surface area contributed by atoms with Crippen LogP contribution in [0.2, 0.25) is 5.15 Å². The van der Waals surface area contributed by atoms with Gasteiger partial charge in [0.05, 0.1) is 0 Å². The molecule has 0 saturated carbocycles. The zero-order valence-corrected chi connectivity index (χ0v) is 10.8. The van der Waals surface area contributed by atoms with Crippen LogP contribution in [-0.4, -0.2) is 11.0 Å². The van der Waals surface area contributed by atoms with Crippen LogP contribution in [0.15, 0.2) is 29.8 Å². The van der Waals surface area contributed by atoms with Crippen molar-refractivity contribution in [3.8, 4) is 10.4 Å². The van der Waals surface area contributed by atoms with Crippen LogP contribution in [0.3, 0.4) is 0 Å². The number of rotatable bonds is 3. The molecule has 0 saturated heterocycles. The second-order valence-electron chi connectivity index (χ2n) is 3.83. The average Bonchev–Trinajstić information content (AvgIpc) is 2.69. The molecule has 0 aliphatic rings. The fraction of sp³-hybridized carbons (Fsp3) is 0.250. The van der Waals surface area contributed by atoms with Crippen LogP contribution in [0, 0.1) is 0 Å². The maximum Gasteiger partial charge on any atom is 0.131 e. The van der Waals surface area contributed by atoms with Gasteiger partial charge in [-0.15, -0.1) is 11.3 Å². The van der Waals surface area contributed by atoms with Gasteiger partial charge >= 0.3 is 0 Å². The van der Waals surface area contributed by atoms with E-state index in [-0.39, 0.29) is 0 Å². The van der Waals surface area contributed by atoms with Crippen molar-refractivity contribution in [2.24, 2.45) is 0 Å². The molecule has 0 aromatic carbocycles. The van der Waals surface area contributed by atoms with Gasteiger partial charge in [0.2, 0.25) is 0 Å². The van der Waals surface area contributed by atoms with Crippen molar-refractivity contribution in [2.45, 2.75) is 19.9 Å². The summed E-state index contributed by atoms with van der Waals surface area (Å²) in [5, 5.41) is 5.96. The average molecular weight is 253 g/mol. The highest BCUT2D eigenvalue weighted by Gasteiger charge is 2.08. The Morgan fingerprint density at radius 1 is 1.44 bits per heavy atom. The lowest BCUT2D eigenvalue weighted by atomic mass is 10.2. The first-order valence-electron chi connectivity index (χ1n) is 5.13. The Morgan fingerprint density at radius 3 is 2.88 bits per heavy atom. The second-order valence-corrected chi connectivity index (χ2v) is 5.16. The summed E-state index contributed by atoms with van der Waals surface area (Å²) >= 11 is 7.61. The van der Waals surface area contributed by atoms with E-state index in [2.05, 4.69) is 35.6 Å². The lowest BCUT2D eigenvalue weighted by Crippen LogP contribution is -2.10. The van der Waals surface area contributed by atoms with Gasteiger partial charge in [0.1, 0.15) is 5.15 Å². The summed E-state index contributed by atoms with van der Waals surface area (Å²) in [5.41, 5.74) is 2.14. The molecule has 4 heteroatoms. The molecular weight excluding hydrogens is 240 g/mol.